The molecule has 1 atom stereocenters. The summed E-state index contributed by atoms with van der Waals surface area (Å²) < 4.78 is 0. The summed E-state index contributed by atoms with van der Waals surface area (Å²) in [7, 11) is 0. The van der Waals surface area contributed by atoms with E-state index in [0.29, 0.717) is 19.6 Å². The molecule has 8 nitrogen and oxygen atoms in total. The smallest absolute Gasteiger partial charge is 0.326 e. The van der Waals surface area contributed by atoms with Gasteiger partial charge in [0.2, 0.25) is 0 Å². The Morgan fingerprint density at radius 2 is 1.94 bits per heavy atom. The average molecular weight is 259 g/mol. The summed E-state index contributed by atoms with van der Waals surface area (Å²) in [6, 6.07) is -1.93. The predicted molar refractivity (Wildman–Crippen MR) is 61.3 cm³/mol. The molecule has 0 radical (unpaired) electrons. The van der Waals surface area contributed by atoms with Crippen LogP contribution in [-0.4, -0.2) is 65.3 Å². The van der Waals surface area contributed by atoms with Crippen LogP contribution >= 0.6 is 0 Å². The van der Waals surface area contributed by atoms with Crippen LogP contribution in [0.1, 0.15) is 12.8 Å². The van der Waals surface area contributed by atoms with Crippen molar-refractivity contribution in [3.63, 3.8) is 0 Å². The van der Waals surface area contributed by atoms with Gasteiger partial charge in [-0.3, -0.25) is 4.79 Å². The second-order valence-electron chi connectivity index (χ2n) is 4.03. The Morgan fingerprint density at radius 1 is 1.22 bits per heavy atom. The van der Waals surface area contributed by atoms with E-state index in [1.165, 1.54) is 4.90 Å². The summed E-state index contributed by atoms with van der Waals surface area (Å²) in [6.07, 6.45) is 0.150. The van der Waals surface area contributed by atoms with Gasteiger partial charge in [0.05, 0.1) is 6.42 Å². The number of urea groups is 1. The van der Waals surface area contributed by atoms with E-state index in [1.807, 2.05) is 0 Å². The Bertz CT molecular complexity index is 325. The highest BCUT2D eigenvalue weighted by molar-refractivity contribution is 5.86. The number of carboxylic acids is 2. The van der Waals surface area contributed by atoms with Gasteiger partial charge in [-0.25, -0.2) is 9.59 Å². The molecule has 0 spiro atoms. The van der Waals surface area contributed by atoms with Crippen LogP contribution in [0, 0.1) is 0 Å². The van der Waals surface area contributed by atoms with Gasteiger partial charge in [-0.05, 0) is 13.0 Å². The molecule has 2 amide bonds. The van der Waals surface area contributed by atoms with Crippen molar-refractivity contribution < 1.29 is 24.6 Å². The standard InChI is InChI=1S/C10H17N3O5/c14-8(15)6-7(9(16)17)12-10(18)13-4-1-2-11-3-5-13/h7,11H,1-6H2,(H,12,18)(H,14,15)(H,16,17)/t7-/m0/s1. The summed E-state index contributed by atoms with van der Waals surface area (Å²) in [5.41, 5.74) is 0. The fourth-order valence-corrected chi connectivity index (χ4v) is 1.66. The van der Waals surface area contributed by atoms with E-state index in [4.69, 9.17) is 10.2 Å². The molecule has 0 aromatic carbocycles. The number of hydrogen-bond acceptors (Lipinski definition) is 4. The van der Waals surface area contributed by atoms with Crippen LogP contribution in [0.5, 0.6) is 0 Å². The molecular weight excluding hydrogens is 242 g/mol. The zero-order valence-corrected chi connectivity index (χ0v) is 9.89. The SMILES string of the molecule is O=C(O)C[C@H](NC(=O)N1CCCNCC1)C(=O)O. The summed E-state index contributed by atoms with van der Waals surface area (Å²) in [6.45, 7) is 2.45. The minimum Gasteiger partial charge on any atom is -0.481 e. The molecule has 102 valence electrons. The van der Waals surface area contributed by atoms with Gasteiger partial charge in [0.15, 0.2) is 0 Å². The Morgan fingerprint density at radius 3 is 2.56 bits per heavy atom. The van der Waals surface area contributed by atoms with Gasteiger partial charge < -0.3 is 25.7 Å². The number of amides is 2. The Kier molecular flexibility index (Phi) is 5.37. The molecule has 0 aliphatic carbocycles. The van der Waals surface area contributed by atoms with E-state index in [-0.39, 0.29) is 0 Å². The minimum atomic E-state index is -1.40. The molecular formula is C10H17N3O5. The van der Waals surface area contributed by atoms with Gasteiger partial charge >= 0.3 is 18.0 Å². The quantitative estimate of drug-likeness (QED) is 0.510. The van der Waals surface area contributed by atoms with E-state index in [1.54, 1.807) is 0 Å². The molecule has 1 heterocycles. The average Bonchev–Trinajstić information content (AvgIpc) is 2.55. The van der Waals surface area contributed by atoms with Crippen molar-refractivity contribution in [2.24, 2.45) is 0 Å². The number of carbonyl (C=O) groups is 3. The van der Waals surface area contributed by atoms with Crippen LogP contribution in [-0.2, 0) is 9.59 Å². The van der Waals surface area contributed by atoms with Gasteiger partial charge in [0.25, 0.3) is 0 Å². The van der Waals surface area contributed by atoms with Crippen LogP contribution in [0.15, 0.2) is 0 Å². The highest BCUT2D eigenvalue weighted by Gasteiger charge is 2.25. The second-order valence-corrected chi connectivity index (χ2v) is 4.03. The Balaban J connectivity index is 2.53. The third-order valence-corrected chi connectivity index (χ3v) is 2.60. The fraction of sp³-hybridized carbons (Fsp3) is 0.700. The molecule has 1 rings (SSSR count). The Hall–Kier alpha value is -1.83. The maximum absolute atomic E-state index is 11.8. The summed E-state index contributed by atoms with van der Waals surface area (Å²) in [5, 5.41) is 22.7. The molecule has 1 saturated heterocycles. The lowest BCUT2D eigenvalue weighted by molar-refractivity contribution is -0.145. The lowest BCUT2D eigenvalue weighted by Crippen LogP contribution is -2.49. The topological polar surface area (TPSA) is 119 Å². The molecule has 1 aliphatic rings. The first-order chi connectivity index (χ1) is 8.50. The molecule has 8 heteroatoms. The van der Waals surface area contributed by atoms with Crippen LogP contribution < -0.4 is 10.6 Å². The third-order valence-electron chi connectivity index (χ3n) is 2.60. The largest absolute Gasteiger partial charge is 0.481 e. The monoisotopic (exact) mass is 259 g/mol. The first-order valence-electron chi connectivity index (χ1n) is 5.71. The summed E-state index contributed by atoms with van der Waals surface area (Å²) >= 11 is 0. The molecule has 1 aliphatic heterocycles. The van der Waals surface area contributed by atoms with Crippen molar-refractivity contribution in [1.29, 1.82) is 0 Å². The summed E-state index contributed by atoms with van der Waals surface area (Å²) in [4.78, 5) is 34.6. The molecule has 0 unspecified atom stereocenters. The van der Waals surface area contributed by atoms with Gasteiger partial charge in [-0.1, -0.05) is 0 Å². The van der Waals surface area contributed by atoms with E-state index in [2.05, 4.69) is 10.6 Å². The van der Waals surface area contributed by atoms with Crippen LogP contribution in [0.2, 0.25) is 0 Å². The van der Waals surface area contributed by atoms with Crippen LogP contribution in [0.3, 0.4) is 0 Å². The van der Waals surface area contributed by atoms with Crippen molar-refractivity contribution in [1.82, 2.24) is 15.5 Å². The number of carbonyl (C=O) groups excluding carboxylic acids is 1. The lowest BCUT2D eigenvalue weighted by Gasteiger charge is -2.22. The highest BCUT2D eigenvalue weighted by atomic mass is 16.4. The first-order valence-corrected chi connectivity index (χ1v) is 5.71. The molecule has 18 heavy (non-hydrogen) atoms. The van der Waals surface area contributed by atoms with E-state index < -0.39 is 30.4 Å². The van der Waals surface area contributed by atoms with Crippen molar-refractivity contribution >= 4 is 18.0 Å². The molecule has 0 saturated carbocycles. The second kappa shape index (κ2) is 6.80. The number of nitrogens with one attached hydrogen (secondary N) is 2. The normalized spacial score (nSPS) is 17.7. The predicted octanol–water partition coefficient (Wildman–Crippen LogP) is -1.08. The number of carboxylic acid groups (broad SMARTS) is 2. The number of nitrogens with zero attached hydrogens (tertiary/aromatic N) is 1. The highest BCUT2D eigenvalue weighted by Crippen LogP contribution is 1.99. The van der Waals surface area contributed by atoms with E-state index in [9.17, 15) is 14.4 Å². The summed E-state index contributed by atoms with van der Waals surface area (Å²) in [5.74, 6) is -2.61. The van der Waals surface area contributed by atoms with Gasteiger partial charge in [0, 0.05) is 19.6 Å². The molecule has 1 fully saturated rings. The number of rotatable bonds is 4. The van der Waals surface area contributed by atoms with E-state index >= 15 is 0 Å². The fourth-order valence-electron chi connectivity index (χ4n) is 1.66. The maximum Gasteiger partial charge on any atom is 0.326 e. The third kappa shape index (κ3) is 4.58. The van der Waals surface area contributed by atoms with Gasteiger partial charge in [-0.2, -0.15) is 0 Å². The molecule has 0 bridgehead atoms. The van der Waals surface area contributed by atoms with Crippen molar-refractivity contribution in [2.45, 2.75) is 18.9 Å². The van der Waals surface area contributed by atoms with Gasteiger partial charge in [0.1, 0.15) is 6.04 Å². The Labute approximate surface area is 104 Å². The molecule has 0 aromatic rings. The first kappa shape index (κ1) is 14.2. The van der Waals surface area contributed by atoms with Crippen molar-refractivity contribution in [2.75, 3.05) is 26.2 Å². The number of aliphatic carboxylic acids is 2. The zero-order chi connectivity index (χ0) is 13.5. The molecule has 0 aromatic heterocycles. The minimum absolute atomic E-state index is 0.477. The van der Waals surface area contributed by atoms with Gasteiger partial charge in [-0.15, -0.1) is 0 Å². The molecule has 4 N–H and O–H groups in total. The van der Waals surface area contributed by atoms with Crippen molar-refractivity contribution in [3.8, 4) is 0 Å². The van der Waals surface area contributed by atoms with Crippen molar-refractivity contribution in [3.05, 3.63) is 0 Å². The lowest BCUT2D eigenvalue weighted by atomic mass is 10.2. The number of hydrogen-bond donors (Lipinski definition) is 4. The maximum atomic E-state index is 11.8. The van der Waals surface area contributed by atoms with E-state index in [0.717, 1.165) is 13.0 Å². The zero-order valence-electron chi connectivity index (χ0n) is 9.89. The van der Waals surface area contributed by atoms with Crippen LogP contribution in [0.25, 0.3) is 0 Å². The van der Waals surface area contributed by atoms with Crippen LogP contribution in [0.4, 0.5) is 4.79 Å².